The molecule has 152 valence electrons. The van der Waals surface area contributed by atoms with Gasteiger partial charge in [0.2, 0.25) is 5.43 Å². The Bertz CT molecular complexity index is 1210. The van der Waals surface area contributed by atoms with Gasteiger partial charge in [-0.1, -0.05) is 29.4 Å². The first kappa shape index (κ1) is 20.5. The lowest BCUT2D eigenvalue weighted by Crippen LogP contribution is -2.10. The molecular formula is C24H27NO4. The van der Waals surface area contributed by atoms with Gasteiger partial charge in [-0.05, 0) is 52.2 Å². The predicted octanol–water partition coefficient (Wildman–Crippen LogP) is 5.04. The van der Waals surface area contributed by atoms with Gasteiger partial charge < -0.3 is 19.9 Å². The molecule has 3 rings (SSSR count). The summed E-state index contributed by atoms with van der Waals surface area (Å²) in [5.74, 6) is -0.311. The number of rotatable bonds is 5. The van der Waals surface area contributed by atoms with E-state index in [2.05, 4.69) is 19.9 Å². The number of benzene rings is 2. The molecule has 0 aliphatic heterocycles. The second-order valence-electron chi connectivity index (χ2n) is 7.75. The highest BCUT2D eigenvalue weighted by Crippen LogP contribution is 2.37. The summed E-state index contributed by atoms with van der Waals surface area (Å²) in [6.45, 7) is 6.14. The fourth-order valence-electron chi connectivity index (χ4n) is 3.66. The predicted molar refractivity (Wildman–Crippen MR) is 118 cm³/mol. The molecular weight excluding hydrogens is 366 g/mol. The van der Waals surface area contributed by atoms with Crippen LogP contribution in [0.1, 0.15) is 39.2 Å². The number of nitrogens with zero attached hydrogens (tertiary/aromatic N) is 1. The lowest BCUT2D eigenvalue weighted by atomic mass is 10.0. The Kier molecular flexibility index (Phi) is 5.69. The van der Waals surface area contributed by atoms with E-state index in [0.717, 1.165) is 18.4 Å². The van der Waals surface area contributed by atoms with Crippen LogP contribution in [0.25, 0.3) is 21.8 Å². The van der Waals surface area contributed by atoms with Gasteiger partial charge in [0.05, 0.1) is 21.8 Å². The van der Waals surface area contributed by atoms with E-state index in [1.807, 2.05) is 13.0 Å². The molecule has 0 atom stereocenters. The number of phenols is 3. The van der Waals surface area contributed by atoms with E-state index in [1.54, 1.807) is 23.7 Å². The molecule has 0 fully saturated rings. The van der Waals surface area contributed by atoms with Crippen LogP contribution in [-0.4, -0.2) is 19.9 Å². The normalized spacial score (nSPS) is 11.9. The first-order chi connectivity index (χ1) is 13.7. The first-order valence-electron chi connectivity index (χ1n) is 9.69. The summed E-state index contributed by atoms with van der Waals surface area (Å²) in [4.78, 5) is 13.0. The maximum Gasteiger partial charge on any atom is 0.201 e. The van der Waals surface area contributed by atoms with E-state index >= 15 is 0 Å². The van der Waals surface area contributed by atoms with Crippen LogP contribution < -0.4 is 5.43 Å². The lowest BCUT2D eigenvalue weighted by Gasteiger charge is -2.15. The van der Waals surface area contributed by atoms with Crippen molar-refractivity contribution in [3.8, 4) is 17.2 Å². The number of aryl methyl sites for hydroxylation is 1. The maximum absolute atomic E-state index is 13.0. The van der Waals surface area contributed by atoms with Gasteiger partial charge in [0.25, 0.3) is 0 Å². The van der Waals surface area contributed by atoms with E-state index in [0.29, 0.717) is 28.4 Å². The van der Waals surface area contributed by atoms with Crippen LogP contribution in [0.4, 0.5) is 0 Å². The summed E-state index contributed by atoms with van der Waals surface area (Å²) < 4.78 is 1.62. The molecule has 0 amide bonds. The van der Waals surface area contributed by atoms with E-state index in [-0.39, 0.29) is 28.1 Å². The monoisotopic (exact) mass is 393 g/mol. The summed E-state index contributed by atoms with van der Waals surface area (Å²) in [5, 5.41) is 32.0. The molecule has 0 spiro atoms. The third-order valence-corrected chi connectivity index (χ3v) is 5.29. The number of allylic oxidation sites excluding steroid dienone is 4. The SMILES string of the molecule is CC(C)=CCC/C(C)=C/Cc1c(O)cc2c(c1O)c(=O)c1cccc(O)c1n2C. The molecule has 0 radical (unpaired) electrons. The number of para-hydroxylation sites is 1. The summed E-state index contributed by atoms with van der Waals surface area (Å²) in [6.07, 6.45) is 6.31. The molecule has 5 nitrogen and oxygen atoms in total. The fraction of sp³-hybridized carbons (Fsp3) is 0.292. The van der Waals surface area contributed by atoms with Gasteiger partial charge in [-0.3, -0.25) is 4.79 Å². The number of fused-ring (bicyclic) bond motifs is 2. The molecule has 0 aliphatic rings. The van der Waals surface area contributed by atoms with Crippen molar-refractivity contribution in [2.24, 2.45) is 7.05 Å². The van der Waals surface area contributed by atoms with Crippen LogP contribution in [0.2, 0.25) is 0 Å². The largest absolute Gasteiger partial charge is 0.507 e. The lowest BCUT2D eigenvalue weighted by molar-refractivity contribution is 0.444. The molecule has 29 heavy (non-hydrogen) atoms. The van der Waals surface area contributed by atoms with Gasteiger partial charge in [0.1, 0.15) is 17.2 Å². The molecule has 0 saturated carbocycles. The van der Waals surface area contributed by atoms with Crippen LogP contribution in [0.3, 0.4) is 0 Å². The van der Waals surface area contributed by atoms with Crippen molar-refractivity contribution in [2.45, 2.75) is 40.0 Å². The highest BCUT2D eigenvalue weighted by atomic mass is 16.3. The topological polar surface area (TPSA) is 82.7 Å². The molecule has 1 aromatic heterocycles. The minimum Gasteiger partial charge on any atom is -0.507 e. The minimum atomic E-state index is -0.369. The van der Waals surface area contributed by atoms with E-state index in [1.165, 1.54) is 17.7 Å². The second kappa shape index (κ2) is 8.03. The molecule has 3 aromatic rings. The van der Waals surface area contributed by atoms with Gasteiger partial charge in [-0.25, -0.2) is 0 Å². The average Bonchev–Trinajstić information content (AvgIpc) is 2.65. The van der Waals surface area contributed by atoms with E-state index in [4.69, 9.17) is 0 Å². The van der Waals surface area contributed by atoms with Crippen LogP contribution in [0.15, 0.2) is 52.4 Å². The fourth-order valence-corrected chi connectivity index (χ4v) is 3.66. The molecule has 0 aliphatic carbocycles. The zero-order valence-corrected chi connectivity index (χ0v) is 17.3. The van der Waals surface area contributed by atoms with Crippen LogP contribution in [0, 0.1) is 0 Å². The molecule has 2 aromatic carbocycles. The van der Waals surface area contributed by atoms with Gasteiger partial charge in [0.15, 0.2) is 0 Å². The third-order valence-electron chi connectivity index (χ3n) is 5.29. The summed E-state index contributed by atoms with van der Waals surface area (Å²) >= 11 is 0. The number of aromatic nitrogens is 1. The van der Waals surface area contributed by atoms with Crippen molar-refractivity contribution < 1.29 is 15.3 Å². The second-order valence-corrected chi connectivity index (χ2v) is 7.75. The van der Waals surface area contributed by atoms with Gasteiger partial charge >= 0.3 is 0 Å². The first-order valence-corrected chi connectivity index (χ1v) is 9.69. The Balaban J connectivity index is 2.12. The maximum atomic E-state index is 13.0. The van der Waals surface area contributed by atoms with Crippen molar-refractivity contribution in [3.05, 3.63) is 63.4 Å². The molecule has 0 saturated heterocycles. The number of hydrogen-bond acceptors (Lipinski definition) is 4. The highest BCUT2D eigenvalue weighted by molar-refractivity contribution is 5.99. The average molecular weight is 393 g/mol. The van der Waals surface area contributed by atoms with Gasteiger partial charge in [-0.2, -0.15) is 0 Å². The van der Waals surface area contributed by atoms with E-state index in [9.17, 15) is 20.1 Å². The summed E-state index contributed by atoms with van der Waals surface area (Å²) in [6, 6.07) is 6.20. The van der Waals surface area contributed by atoms with Crippen LogP contribution >= 0.6 is 0 Å². The summed E-state index contributed by atoms with van der Waals surface area (Å²) in [7, 11) is 1.69. The molecule has 0 unspecified atom stereocenters. The number of aromatic hydroxyl groups is 3. The Morgan fingerprint density at radius 2 is 1.79 bits per heavy atom. The molecule has 3 N–H and O–H groups in total. The smallest absolute Gasteiger partial charge is 0.201 e. The third kappa shape index (κ3) is 3.86. The number of pyridine rings is 1. The van der Waals surface area contributed by atoms with Crippen molar-refractivity contribution in [1.29, 1.82) is 0 Å². The zero-order chi connectivity index (χ0) is 21.3. The Labute approximate surface area is 169 Å². The van der Waals surface area contributed by atoms with Crippen molar-refractivity contribution in [1.82, 2.24) is 4.57 Å². The number of hydrogen-bond donors (Lipinski definition) is 3. The van der Waals surface area contributed by atoms with Gasteiger partial charge in [0, 0.05) is 18.7 Å². The standard InChI is InChI=1S/C24H27NO4/c1-14(2)7-5-8-15(3)11-12-16-20(27)13-18-21(23(16)28)24(29)17-9-6-10-19(26)22(17)25(18)4/h6-7,9-11,13,26-28H,5,8,12H2,1-4H3/b15-11+. The molecule has 1 heterocycles. The zero-order valence-electron chi connectivity index (χ0n) is 17.3. The summed E-state index contributed by atoms with van der Waals surface area (Å²) in [5.41, 5.74) is 3.12. The quantitative estimate of drug-likeness (QED) is 0.419. The Morgan fingerprint density at radius 3 is 2.48 bits per heavy atom. The van der Waals surface area contributed by atoms with Crippen LogP contribution in [0.5, 0.6) is 17.2 Å². The highest BCUT2D eigenvalue weighted by Gasteiger charge is 2.19. The Hall–Kier alpha value is -3.21. The van der Waals surface area contributed by atoms with Gasteiger partial charge in [-0.15, -0.1) is 0 Å². The number of phenolic OH excluding ortho intramolecular Hbond substituents is 3. The van der Waals surface area contributed by atoms with Crippen molar-refractivity contribution in [3.63, 3.8) is 0 Å². The Morgan fingerprint density at radius 1 is 1.07 bits per heavy atom. The van der Waals surface area contributed by atoms with Crippen molar-refractivity contribution >= 4 is 21.8 Å². The molecule has 5 heteroatoms. The van der Waals surface area contributed by atoms with E-state index < -0.39 is 0 Å². The van der Waals surface area contributed by atoms with Crippen LogP contribution in [-0.2, 0) is 13.5 Å². The van der Waals surface area contributed by atoms with Crippen molar-refractivity contribution in [2.75, 3.05) is 0 Å². The minimum absolute atomic E-state index is 0.0259. The molecule has 0 bridgehead atoms.